The van der Waals surface area contributed by atoms with Crippen molar-refractivity contribution in [3.05, 3.63) is 98.8 Å². The van der Waals surface area contributed by atoms with Crippen molar-refractivity contribution < 1.29 is 14.3 Å². The van der Waals surface area contributed by atoms with Crippen LogP contribution in [0, 0.1) is 12.3 Å². The van der Waals surface area contributed by atoms with E-state index in [-0.39, 0.29) is 24.6 Å². The summed E-state index contributed by atoms with van der Waals surface area (Å²) in [5, 5.41) is 3.69. The molecule has 0 unspecified atom stereocenters. The fourth-order valence-corrected chi connectivity index (χ4v) is 5.63. The minimum absolute atomic E-state index is 0.207. The van der Waals surface area contributed by atoms with Crippen molar-refractivity contribution in [2.75, 3.05) is 31.6 Å². The molecule has 1 fully saturated rings. The molecule has 0 radical (unpaired) electrons. The molecule has 11 heteroatoms. The van der Waals surface area contributed by atoms with Gasteiger partial charge < -0.3 is 15.0 Å². The van der Waals surface area contributed by atoms with Crippen molar-refractivity contribution in [3.63, 3.8) is 0 Å². The number of nitrogens with one attached hydrogen (secondary N) is 1. The summed E-state index contributed by atoms with van der Waals surface area (Å²) < 4.78 is 6.28. The maximum atomic E-state index is 13.8. The van der Waals surface area contributed by atoms with E-state index in [0.717, 1.165) is 37.2 Å². The van der Waals surface area contributed by atoms with Gasteiger partial charge in [0.1, 0.15) is 12.4 Å². The predicted octanol–water partition coefficient (Wildman–Crippen LogP) is 4.17. The lowest BCUT2D eigenvalue weighted by Crippen LogP contribution is -2.35. The van der Waals surface area contributed by atoms with Gasteiger partial charge in [-0.2, -0.15) is 0 Å². The van der Waals surface area contributed by atoms with E-state index in [9.17, 15) is 14.4 Å². The van der Waals surface area contributed by atoms with Gasteiger partial charge in [-0.15, -0.1) is 6.42 Å². The number of carbonyl (C=O) groups is 2. The number of fused-ring (bicyclic) bond motifs is 1. The van der Waals surface area contributed by atoms with Gasteiger partial charge in [0.2, 0.25) is 0 Å². The van der Waals surface area contributed by atoms with Crippen molar-refractivity contribution in [3.8, 4) is 12.3 Å². The number of nitrogens with zero attached hydrogens (tertiary/aromatic N) is 5. The van der Waals surface area contributed by atoms with Gasteiger partial charge in [0.15, 0.2) is 0 Å². The Morgan fingerprint density at radius 1 is 1.13 bits per heavy atom. The zero-order chi connectivity index (χ0) is 31.8. The summed E-state index contributed by atoms with van der Waals surface area (Å²) in [5.74, 6) is 2.45. The number of hydrogen-bond acceptors (Lipinski definition) is 8. The lowest BCUT2D eigenvalue weighted by atomic mass is 10.1. The number of aromatic nitrogens is 3. The first-order valence-electron chi connectivity index (χ1n) is 14.8. The Kier molecular flexibility index (Phi) is 10.5. The Hall–Kier alpha value is -4.72. The summed E-state index contributed by atoms with van der Waals surface area (Å²) in [4.78, 5) is 51.8. The maximum Gasteiger partial charge on any atom is 0.325 e. The van der Waals surface area contributed by atoms with Crippen LogP contribution in [0.1, 0.15) is 46.6 Å². The minimum Gasteiger partial charge on any atom is -0.468 e. The van der Waals surface area contributed by atoms with Crippen LogP contribution >= 0.6 is 11.6 Å². The van der Waals surface area contributed by atoms with Gasteiger partial charge in [-0.3, -0.25) is 28.8 Å². The number of piperidine rings is 1. The number of likely N-dealkylation sites (tertiary alicyclic amines) is 1. The third-order valence-electron chi connectivity index (χ3n) is 7.84. The minimum atomic E-state index is -0.526. The lowest BCUT2D eigenvalue weighted by molar-refractivity contribution is -0.141. The van der Waals surface area contributed by atoms with Crippen molar-refractivity contribution >= 4 is 40.1 Å². The van der Waals surface area contributed by atoms with Crippen molar-refractivity contribution in [1.82, 2.24) is 24.8 Å². The molecule has 10 nitrogen and oxygen atoms in total. The average Bonchev–Trinajstić information content (AvgIpc) is 3.06. The lowest BCUT2D eigenvalue weighted by Gasteiger charge is -2.27. The van der Waals surface area contributed by atoms with E-state index in [1.807, 2.05) is 29.2 Å². The van der Waals surface area contributed by atoms with Gasteiger partial charge in [-0.05, 0) is 79.5 Å². The molecule has 5 rings (SSSR count). The number of rotatable bonds is 11. The normalized spacial score (nSPS) is 13.3. The molecule has 1 aliphatic heterocycles. The van der Waals surface area contributed by atoms with Gasteiger partial charge in [0.25, 0.3) is 11.5 Å². The summed E-state index contributed by atoms with van der Waals surface area (Å²) in [7, 11) is 1.30. The number of carbonyl (C=O) groups excluding carboxylic acids is 2. The molecule has 0 saturated carbocycles. The zero-order valence-corrected chi connectivity index (χ0v) is 25.9. The number of methoxy groups -OCH3 is 1. The van der Waals surface area contributed by atoms with E-state index in [1.165, 1.54) is 18.1 Å². The Labute approximate surface area is 267 Å². The van der Waals surface area contributed by atoms with Crippen LogP contribution < -0.4 is 15.8 Å². The van der Waals surface area contributed by atoms with E-state index in [2.05, 4.69) is 21.1 Å². The highest BCUT2D eigenvalue weighted by molar-refractivity contribution is 6.32. The smallest absolute Gasteiger partial charge is 0.325 e. The van der Waals surface area contributed by atoms with Crippen LogP contribution in [0.3, 0.4) is 0 Å². The number of benzene rings is 2. The van der Waals surface area contributed by atoms with Gasteiger partial charge in [-0.1, -0.05) is 30.0 Å². The SMILES string of the molecule is C#CCN(Cc1cc2c(=O)n(CC(=O)OC)c(CN3CCCCC3)nc2cc1Cl)c1ccc(C(=O)NCc2cccnc2)cc1. The first-order chi connectivity index (χ1) is 21.9. The number of halogens is 1. The Bertz CT molecular complexity index is 1760. The van der Waals surface area contributed by atoms with E-state index in [4.69, 9.17) is 27.7 Å². The number of terminal acetylenes is 1. The van der Waals surface area contributed by atoms with Crippen molar-refractivity contribution in [2.24, 2.45) is 0 Å². The topological polar surface area (TPSA) is 110 Å². The molecule has 4 aromatic rings. The largest absolute Gasteiger partial charge is 0.468 e. The van der Waals surface area contributed by atoms with Crippen LogP contribution in [-0.4, -0.2) is 58.1 Å². The van der Waals surface area contributed by atoms with E-state index in [0.29, 0.717) is 52.5 Å². The quantitative estimate of drug-likeness (QED) is 0.195. The van der Waals surface area contributed by atoms with Crippen LogP contribution in [0.15, 0.2) is 65.7 Å². The Morgan fingerprint density at radius 3 is 2.60 bits per heavy atom. The molecule has 1 amide bonds. The van der Waals surface area contributed by atoms with E-state index < -0.39 is 5.97 Å². The van der Waals surface area contributed by atoms with Crippen LogP contribution in [0.4, 0.5) is 5.69 Å². The van der Waals surface area contributed by atoms with E-state index >= 15 is 0 Å². The summed E-state index contributed by atoms with van der Waals surface area (Å²) in [6.07, 6.45) is 12.4. The molecule has 232 valence electrons. The number of ether oxygens (including phenoxy) is 1. The van der Waals surface area contributed by atoms with Gasteiger partial charge in [0.05, 0.1) is 31.1 Å². The second kappa shape index (κ2) is 14.8. The fourth-order valence-electron chi connectivity index (χ4n) is 5.41. The van der Waals surface area contributed by atoms with Crippen LogP contribution in [-0.2, 0) is 35.7 Å². The predicted molar refractivity (Wildman–Crippen MR) is 174 cm³/mol. The molecule has 0 spiro atoms. The molecule has 2 aromatic heterocycles. The molecule has 2 aromatic carbocycles. The third kappa shape index (κ3) is 7.87. The molecule has 3 heterocycles. The molecule has 1 saturated heterocycles. The molecule has 1 N–H and O–H groups in total. The van der Waals surface area contributed by atoms with Crippen LogP contribution in [0.25, 0.3) is 10.9 Å². The molecule has 0 bridgehead atoms. The Morgan fingerprint density at radius 2 is 1.91 bits per heavy atom. The highest BCUT2D eigenvalue weighted by Crippen LogP contribution is 2.26. The van der Waals surface area contributed by atoms with Crippen LogP contribution in [0.5, 0.6) is 0 Å². The number of amides is 1. The zero-order valence-electron chi connectivity index (χ0n) is 25.2. The highest BCUT2D eigenvalue weighted by atomic mass is 35.5. The first kappa shape index (κ1) is 31.7. The molecular weight excluding hydrogens is 592 g/mol. The second-order valence-corrected chi connectivity index (χ2v) is 11.4. The summed E-state index contributed by atoms with van der Waals surface area (Å²) >= 11 is 6.76. The fraction of sp³-hybridized carbons (Fsp3) is 0.324. The van der Waals surface area contributed by atoms with Crippen molar-refractivity contribution in [1.29, 1.82) is 0 Å². The Balaban J connectivity index is 1.39. The van der Waals surface area contributed by atoms with Gasteiger partial charge in [-0.25, -0.2) is 4.98 Å². The number of hydrogen-bond donors (Lipinski definition) is 1. The highest BCUT2D eigenvalue weighted by Gasteiger charge is 2.20. The van der Waals surface area contributed by atoms with Gasteiger partial charge in [0, 0.05) is 41.8 Å². The molecule has 1 aliphatic rings. The number of anilines is 1. The molecule has 45 heavy (non-hydrogen) atoms. The number of pyridine rings is 1. The molecule has 0 atom stereocenters. The summed E-state index contributed by atoms with van der Waals surface area (Å²) in [5.41, 5.74) is 2.99. The number of esters is 1. The first-order valence-corrected chi connectivity index (χ1v) is 15.2. The van der Waals surface area contributed by atoms with Crippen LogP contribution in [0.2, 0.25) is 5.02 Å². The summed E-state index contributed by atoms with van der Waals surface area (Å²) in [6, 6.07) is 14.2. The van der Waals surface area contributed by atoms with E-state index in [1.54, 1.807) is 36.7 Å². The average molecular weight is 627 g/mol. The second-order valence-electron chi connectivity index (χ2n) is 10.9. The monoisotopic (exact) mass is 626 g/mol. The molecular formula is C34H35ClN6O4. The standard InChI is InChI=1S/C34H35ClN6O4/c1-3-14-40(27-11-9-25(10-12-27)33(43)37-20-24-8-7-13-36-19-24)21-26-17-28-30(18-29(26)35)38-31(22-39-15-5-4-6-16-39)41(34(28)44)23-32(42)45-2/h1,7-13,17-19H,4-6,14-16,20-23H2,2H3,(H,37,43). The third-order valence-corrected chi connectivity index (χ3v) is 8.20. The maximum absolute atomic E-state index is 13.8. The summed E-state index contributed by atoms with van der Waals surface area (Å²) in [6.45, 7) is 2.98. The van der Waals surface area contributed by atoms with Crippen molar-refractivity contribution in [2.45, 2.75) is 45.4 Å². The molecule has 0 aliphatic carbocycles. The van der Waals surface area contributed by atoms with Gasteiger partial charge >= 0.3 is 5.97 Å².